The van der Waals surface area contributed by atoms with E-state index in [1.165, 1.54) is 12.8 Å². The van der Waals surface area contributed by atoms with Crippen LogP contribution in [0.15, 0.2) is 30.6 Å². The number of aromatic amines is 1. The number of rotatable bonds is 5. The molecule has 1 saturated heterocycles. The normalized spacial score (nSPS) is 18.9. The zero-order valence-electron chi connectivity index (χ0n) is 18.0. The Bertz CT molecular complexity index is 1100. The highest BCUT2D eigenvalue weighted by Gasteiger charge is 2.31. The molecule has 1 amide bonds. The zero-order chi connectivity index (χ0) is 20.8. The van der Waals surface area contributed by atoms with Crippen molar-refractivity contribution in [3.63, 3.8) is 0 Å². The second kappa shape index (κ2) is 7.42. The largest absolute Gasteiger partial charge is 0.370 e. The van der Waals surface area contributed by atoms with Crippen molar-refractivity contribution < 1.29 is 4.79 Å². The Morgan fingerprint density at radius 2 is 2.10 bits per heavy atom. The Balaban J connectivity index is 1.62. The minimum atomic E-state index is 0.0538. The lowest BCUT2D eigenvalue weighted by atomic mass is 10.1. The van der Waals surface area contributed by atoms with Gasteiger partial charge in [-0.15, -0.1) is 0 Å². The van der Waals surface area contributed by atoms with E-state index in [9.17, 15) is 4.79 Å². The van der Waals surface area contributed by atoms with Gasteiger partial charge in [0.05, 0.1) is 27.8 Å². The summed E-state index contributed by atoms with van der Waals surface area (Å²) in [7, 11) is 1.91. The number of aryl methyl sites for hydroxylation is 1. The van der Waals surface area contributed by atoms with Crippen LogP contribution in [-0.4, -0.2) is 52.4 Å². The van der Waals surface area contributed by atoms with Gasteiger partial charge in [-0.25, -0.2) is 4.98 Å². The number of H-pyrrole nitrogens is 1. The summed E-state index contributed by atoms with van der Waals surface area (Å²) in [6.45, 7) is 7.06. The smallest absolute Gasteiger partial charge is 0.257 e. The van der Waals surface area contributed by atoms with Crippen LogP contribution in [0.4, 0.5) is 5.69 Å². The molecule has 1 saturated carbocycles. The number of fused-ring (bicyclic) bond motifs is 1. The second-order valence-corrected chi connectivity index (χ2v) is 9.11. The van der Waals surface area contributed by atoms with Crippen LogP contribution in [0.3, 0.4) is 0 Å². The first-order valence-corrected chi connectivity index (χ1v) is 11.0. The maximum Gasteiger partial charge on any atom is 0.257 e. The van der Waals surface area contributed by atoms with Crippen LogP contribution in [0.2, 0.25) is 0 Å². The molecule has 1 aliphatic carbocycles. The number of nitrogens with one attached hydrogen (secondary N) is 1. The van der Waals surface area contributed by atoms with E-state index < -0.39 is 0 Å². The Labute approximate surface area is 177 Å². The van der Waals surface area contributed by atoms with E-state index in [0.29, 0.717) is 17.4 Å². The molecular weight excluding hydrogens is 374 g/mol. The number of imidazole rings is 1. The highest BCUT2D eigenvalue weighted by atomic mass is 16.2. The molecule has 3 aromatic rings. The van der Waals surface area contributed by atoms with Crippen molar-refractivity contribution in [1.29, 1.82) is 0 Å². The van der Waals surface area contributed by atoms with Crippen molar-refractivity contribution >= 4 is 22.6 Å². The number of anilines is 1. The molecule has 0 radical (unpaired) electrons. The van der Waals surface area contributed by atoms with E-state index in [0.717, 1.165) is 59.7 Å². The molecule has 0 bridgehead atoms. The number of hydrogen-bond acceptors (Lipinski definition) is 4. The average Bonchev–Trinajstić information content (AvgIpc) is 3.26. The summed E-state index contributed by atoms with van der Waals surface area (Å²) in [5.41, 5.74) is 5.67. The fraction of sp³-hybridized carbons (Fsp3) is 0.458. The van der Waals surface area contributed by atoms with E-state index in [-0.39, 0.29) is 5.91 Å². The minimum Gasteiger partial charge on any atom is -0.370 e. The summed E-state index contributed by atoms with van der Waals surface area (Å²) in [4.78, 5) is 30.4. The lowest BCUT2D eigenvalue weighted by Crippen LogP contribution is -2.31. The highest BCUT2D eigenvalue weighted by molar-refractivity contribution is 6.03. The van der Waals surface area contributed by atoms with Gasteiger partial charge in [0.25, 0.3) is 5.91 Å². The summed E-state index contributed by atoms with van der Waals surface area (Å²) in [5.74, 6) is 2.10. The van der Waals surface area contributed by atoms with Gasteiger partial charge in [-0.05, 0) is 49.7 Å². The van der Waals surface area contributed by atoms with Crippen molar-refractivity contribution in [2.75, 3.05) is 31.6 Å². The molecule has 30 heavy (non-hydrogen) atoms. The summed E-state index contributed by atoms with van der Waals surface area (Å²) in [6.07, 6.45) is 7.17. The number of benzene rings is 1. The molecule has 1 aromatic carbocycles. The molecule has 0 spiro atoms. The number of aromatic nitrogens is 3. The minimum absolute atomic E-state index is 0.0538. The molecule has 156 valence electrons. The maximum atomic E-state index is 13.4. The van der Waals surface area contributed by atoms with Gasteiger partial charge in [0.1, 0.15) is 5.82 Å². The molecule has 2 aliphatic rings. The van der Waals surface area contributed by atoms with Gasteiger partial charge in [0.15, 0.2) is 0 Å². The molecule has 1 unspecified atom stereocenters. The number of hydrogen-bond donors (Lipinski definition) is 1. The molecule has 2 aromatic heterocycles. The van der Waals surface area contributed by atoms with Crippen LogP contribution in [0.25, 0.3) is 22.4 Å². The average molecular weight is 404 g/mol. The Morgan fingerprint density at radius 3 is 2.80 bits per heavy atom. The summed E-state index contributed by atoms with van der Waals surface area (Å²) < 4.78 is 0. The third-order valence-electron chi connectivity index (χ3n) is 6.43. The first kappa shape index (κ1) is 19.1. The molecule has 3 heterocycles. The number of carbonyl (C=O) groups is 1. The first-order valence-electron chi connectivity index (χ1n) is 11.0. The number of carbonyl (C=O) groups excluding carboxylic acids is 1. The van der Waals surface area contributed by atoms with Crippen LogP contribution in [-0.2, 0) is 0 Å². The van der Waals surface area contributed by atoms with Crippen molar-refractivity contribution in [1.82, 2.24) is 19.9 Å². The molecule has 6 heteroatoms. The Morgan fingerprint density at radius 1 is 1.27 bits per heavy atom. The predicted octanol–water partition coefficient (Wildman–Crippen LogP) is 4.26. The van der Waals surface area contributed by atoms with Crippen molar-refractivity contribution in [3.05, 3.63) is 41.7 Å². The molecule has 2 fully saturated rings. The molecule has 5 rings (SSSR count). The highest BCUT2D eigenvalue weighted by Crippen LogP contribution is 2.37. The maximum absolute atomic E-state index is 13.4. The van der Waals surface area contributed by atoms with Crippen LogP contribution >= 0.6 is 0 Å². The van der Waals surface area contributed by atoms with Gasteiger partial charge in [-0.1, -0.05) is 19.1 Å². The number of para-hydroxylation sites is 1. The van der Waals surface area contributed by atoms with Gasteiger partial charge in [-0.3, -0.25) is 9.78 Å². The van der Waals surface area contributed by atoms with E-state index in [4.69, 9.17) is 4.98 Å². The van der Waals surface area contributed by atoms with E-state index in [1.807, 2.05) is 30.3 Å². The third-order valence-corrected chi connectivity index (χ3v) is 6.43. The lowest BCUT2D eigenvalue weighted by Gasteiger charge is -2.26. The topological polar surface area (TPSA) is 65.1 Å². The molecule has 1 aliphatic heterocycles. The van der Waals surface area contributed by atoms with Crippen LogP contribution in [0.1, 0.15) is 42.1 Å². The summed E-state index contributed by atoms with van der Waals surface area (Å²) >= 11 is 0. The SMILES string of the molecule is Cc1cccc2[nH]c(-c3cncc(C(=O)N(C)CC4CC4)c3N3CCC(C)C3)nc12. The van der Waals surface area contributed by atoms with Gasteiger partial charge in [0, 0.05) is 39.1 Å². The van der Waals surface area contributed by atoms with Gasteiger partial charge in [0.2, 0.25) is 0 Å². The molecule has 1 N–H and O–H groups in total. The Hall–Kier alpha value is -2.89. The Kier molecular flexibility index (Phi) is 4.72. The van der Waals surface area contributed by atoms with Crippen molar-refractivity contribution in [2.24, 2.45) is 11.8 Å². The summed E-state index contributed by atoms with van der Waals surface area (Å²) in [6, 6.07) is 6.15. The van der Waals surface area contributed by atoms with Crippen LogP contribution in [0, 0.1) is 18.8 Å². The van der Waals surface area contributed by atoms with Crippen molar-refractivity contribution in [3.8, 4) is 11.4 Å². The second-order valence-electron chi connectivity index (χ2n) is 9.11. The standard InChI is InChI=1S/C24H29N5O/c1-15-9-10-29(13-15)22-18(23-26-20-6-4-5-16(2)21(20)27-23)11-25-12-19(22)24(30)28(3)14-17-7-8-17/h4-6,11-12,15,17H,7-10,13-14H2,1-3H3,(H,26,27). The van der Waals surface area contributed by atoms with E-state index >= 15 is 0 Å². The molecule has 1 atom stereocenters. The van der Waals surface area contributed by atoms with Gasteiger partial charge < -0.3 is 14.8 Å². The third kappa shape index (κ3) is 3.44. The fourth-order valence-electron chi connectivity index (χ4n) is 4.54. The van der Waals surface area contributed by atoms with Gasteiger partial charge in [-0.2, -0.15) is 0 Å². The fourth-order valence-corrected chi connectivity index (χ4v) is 4.54. The van der Waals surface area contributed by atoms with Crippen LogP contribution < -0.4 is 4.90 Å². The number of amides is 1. The predicted molar refractivity (Wildman–Crippen MR) is 120 cm³/mol. The quantitative estimate of drug-likeness (QED) is 0.691. The molecule has 6 nitrogen and oxygen atoms in total. The van der Waals surface area contributed by atoms with Crippen LogP contribution in [0.5, 0.6) is 0 Å². The van der Waals surface area contributed by atoms with Gasteiger partial charge >= 0.3 is 0 Å². The van der Waals surface area contributed by atoms with E-state index in [2.05, 4.69) is 34.8 Å². The molecular formula is C24H29N5O. The van der Waals surface area contributed by atoms with Crippen molar-refractivity contribution in [2.45, 2.75) is 33.1 Å². The summed E-state index contributed by atoms with van der Waals surface area (Å²) in [5, 5.41) is 0. The lowest BCUT2D eigenvalue weighted by molar-refractivity contribution is 0.0789. The zero-order valence-corrected chi connectivity index (χ0v) is 18.0. The van der Waals surface area contributed by atoms with E-state index in [1.54, 1.807) is 6.20 Å². The first-order chi connectivity index (χ1) is 14.5. The monoisotopic (exact) mass is 403 g/mol. The number of nitrogens with zero attached hydrogens (tertiary/aromatic N) is 4. The number of pyridine rings is 1.